The molecular weight excluding hydrogens is 270 g/mol. The molecule has 2 aromatic rings. The number of rotatable bonds is 3. The van der Waals surface area contributed by atoms with Crippen molar-refractivity contribution >= 4 is 11.7 Å². The van der Waals surface area contributed by atoms with E-state index < -0.39 is 12.0 Å². The second-order valence-electron chi connectivity index (χ2n) is 6.28. The van der Waals surface area contributed by atoms with Gasteiger partial charge in [0.25, 0.3) is 11.7 Å². The van der Waals surface area contributed by atoms with E-state index in [0.29, 0.717) is 5.78 Å². The zero-order valence-corrected chi connectivity index (χ0v) is 13.0. The lowest BCUT2D eigenvalue weighted by Gasteiger charge is -2.25. The fourth-order valence-corrected chi connectivity index (χ4v) is 1.84. The van der Waals surface area contributed by atoms with Gasteiger partial charge in [-0.25, -0.2) is 9.50 Å². The van der Waals surface area contributed by atoms with Crippen molar-refractivity contribution in [2.24, 2.45) is 5.41 Å². The molecule has 21 heavy (non-hydrogen) atoms. The van der Waals surface area contributed by atoms with E-state index in [2.05, 4.69) is 20.4 Å². The van der Waals surface area contributed by atoms with E-state index in [9.17, 15) is 9.90 Å². The molecule has 2 heterocycles. The number of hydrogen-bond acceptors (Lipinski definition) is 5. The van der Waals surface area contributed by atoms with Crippen LogP contribution in [0, 0.1) is 19.3 Å². The number of amides is 1. The van der Waals surface area contributed by atoms with Gasteiger partial charge in [0.1, 0.15) is 0 Å². The molecule has 0 fully saturated rings. The standard InChI is InChI=1S/C14H21N5O2/c1-8-6-9(2)19-13(16-8)17-11(18-19)12(21)15-7-10(20)14(3,4)5/h6,10,20H,7H2,1-5H3,(H,15,21). The van der Waals surface area contributed by atoms with Gasteiger partial charge in [0.05, 0.1) is 6.10 Å². The van der Waals surface area contributed by atoms with Crippen molar-refractivity contribution in [3.8, 4) is 0 Å². The molecule has 1 unspecified atom stereocenters. The van der Waals surface area contributed by atoms with Crippen molar-refractivity contribution in [2.45, 2.75) is 40.7 Å². The zero-order valence-electron chi connectivity index (χ0n) is 13.0. The Morgan fingerprint density at radius 2 is 2.05 bits per heavy atom. The van der Waals surface area contributed by atoms with Gasteiger partial charge in [-0.3, -0.25) is 4.79 Å². The third-order valence-corrected chi connectivity index (χ3v) is 3.28. The first-order chi connectivity index (χ1) is 9.68. The molecule has 2 N–H and O–H groups in total. The molecule has 2 rings (SSSR count). The van der Waals surface area contributed by atoms with Crippen LogP contribution in [-0.4, -0.2) is 43.2 Å². The number of aliphatic hydroxyl groups is 1. The molecule has 7 heteroatoms. The van der Waals surface area contributed by atoms with Gasteiger partial charge in [-0.05, 0) is 25.3 Å². The lowest BCUT2D eigenvalue weighted by atomic mass is 9.89. The summed E-state index contributed by atoms with van der Waals surface area (Å²) in [6.45, 7) is 9.61. The summed E-state index contributed by atoms with van der Waals surface area (Å²) in [6, 6.07) is 1.87. The van der Waals surface area contributed by atoms with Crippen LogP contribution >= 0.6 is 0 Å². The second kappa shape index (κ2) is 5.40. The normalized spacial score (nSPS) is 13.4. The monoisotopic (exact) mass is 291 g/mol. The maximum absolute atomic E-state index is 12.1. The second-order valence-corrected chi connectivity index (χ2v) is 6.28. The number of carbonyl (C=O) groups excluding carboxylic acids is 1. The molecular formula is C14H21N5O2. The minimum atomic E-state index is -0.638. The molecule has 0 radical (unpaired) electrons. The number of aromatic nitrogens is 4. The number of fused-ring (bicyclic) bond motifs is 1. The first-order valence-electron chi connectivity index (χ1n) is 6.86. The van der Waals surface area contributed by atoms with E-state index in [4.69, 9.17) is 0 Å². The topological polar surface area (TPSA) is 92.4 Å². The molecule has 0 aliphatic rings. The fraction of sp³-hybridized carbons (Fsp3) is 0.571. The van der Waals surface area contributed by atoms with Crippen molar-refractivity contribution < 1.29 is 9.90 Å². The molecule has 0 aliphatic heterocycles. The Kier molecular flexibility index (Phi) is 3.95. The molecule has 0 saturated carbocycles. The number of nitrogens with zero attached hydrogens (tertiary/aromatic N) is 4. The number of hydrogen-bond donors (Lipinski definition) is 2. The van der Waals surface area contributed by atoms with Crippen LogP contribution in [0.3, 0.4) is 0 Å². The summed E-state index contributed by atoms with van der Waals surface area (Å²) in [7, 11) is 0. The van der Waals surface area contributed by atoms with Gasteiger partial charge in [-0.1, -0.05) is 20.8 Å². The Balaban J connectivity index is 2.15. The van der Waals surface area contributed by atoms with E-state index in [1.165, 1.54) is 4.52 Å². The van der Waals surface area contributed by atoms with Crippen LogP contribution in [0.25, 0.3) is 5.78 Å². The molecule has 0 aliphatic carbocycles. The summed E-state index contributed by atoms with van der Waals surface area (Å²) in [4.78, 5) is 20.4. The van der Waals surface area contributed by atoms with Crippen molar-refractivity contribution in [1.29, 1.82) is 0 Å². The summed E-state index contributed by atoms with van der Waals surface area (Å²) in [5, 5.41) is 16.7. The Morgan fingerprint density at radius 3 is 2.67 bits per heavy atom. The van der Waals surface area contributed by atoms with E-state index in [0.717, 1.165) is 11.4 Å². The highest BCUT2D eigenvalue weighted by Crippen LogP contribution is 2.18. The third kappa shape index (κ3) is 3.36. The highest BCUT2D eigenvalue weighted by atomic mass is 16.3. The Hall–Kier alpha value is -2.02. The van der Waals surface area contributed by atoms with Crippen LogP contribution in [0.4, 0.5) is 0 Å². The molecule has 0 spiro atoms. The van der Waals surface area contributed by atoms with Crippen LogP contribution in [0.2, 0.25) is 0 Å². The molecule has 0 aromatic carbocycles. The van der Waals surface area contributed by atoms with E-state index in [-0.39, 0.29) is 17.8 Å². The maximum atomic E-state index is 12.1. The first-order valence-corrected chi connectivity index (χ1v) is 6.86. The summed E-state index contributed by atoms with van der Waals surface area (Å²) in [5.74, 6) is 0.0344. The largest absolute Gasteiger partial charge is 0.391 e. The summed E-state index contributed by atoms with van der Waals surface area (Å²) >= 11 is 0. The molecule has 0 bridgehead atoms. The van der Waals surface area contributed by atoms with Crippen molar-refractivity contribution in [3.05, 3.63) is 23.3 Å². The predicted molar refractivity (Wildman–Crippen MR) is 78.1 cm³/mol. The lowest BCUT2D eigenvalue weighted by molar-refractivity contribution is 0.0584. The molecule has 0 saturated heterocycles. The maximum Gasteiger partial charge on any atom is 0.291 e. The molecule has 1 amide bonds. The highest BCUT2D eigenvalue weighted by Gasteiger charge is 2.23. The van der Waals surface area contributed by atoms with Crippen LogP contribution < -0.4 is 5.32 Å². The van der Waals surface area contributed by atoms with Gasteiger partial charge < -0.3 is 10.4 Å². The average molecular weight is 291 g/mol. The SMILES string of the molecule is Cc1cc(C)n2nc(C(=O)NCC(O)C(C)(C)C)nc2n1. The number of nitrogens with one attached hydrogen (secondary N) is 1. The van der Waals surface area contributed by atoms with E-state index in [1.54, 1.807) is 0 Å². The summed E-state index contributed by atoms with van der Waals surface area (Å²) in [5.41, 5.74) is 1.39. The Bertz CT molecular complexity index is 672. The molecule has 2 aromatic heterocycles. The number of aryl methyl sites for hydroxylation is 2. The zero-order chi connectivity index (χ0) is 15.8. The quantitative estimate of drug-likeness (QED) is 0.875. The predicted octanol–water partition coefficient (Wildman–Crippen LogP) is 0.878. The van der Waals surface area contributed by atoms with Gasteiger partial charge in [-0.15, -0.1) is 5.10 Å². The van der Waals surface area contributed by atoms with Crippen molar-refractivity contribution in [3.63, 3.8) is 0 Å². The molecule has 114 valence electrons. The molecule has 7 nitrogen and oxygen atoms in total. The van der Waals surface area contributed by atoms with Crippen LogP contribution in [0.1, 0.15) is 42.8 Å². The van der Waals surface area contributed by atoms with Gasteiger partial charge in [0.2, 0.25) is 5.82 Å². The smallest absolute Gasteiger partial charge is 0.291 e. The highest BCUT2D eigenvalue weighted by molar-refractivity contribution is 5.90. The van der Waals surface area contributed by atoms with Gasteiger partial charge in [-0.2, -0.15) is 4.98 Å². The lowest BCUT2D eigenvalue weighted by Crippen LogP contribution is -2.39. The van der Waals surface area contributed by atoms with Gasteiger partial charge in [0.15, 0.2) is 0 Å². The Labute approximate surface area is 123 Å². The van der Waals surface area contributed by atoms with Crippen LogP contribution in [0.15, 0.2) is 6.07 Å². The van der Waals surface area contributed by atoms with Crippen LogP contribution in [-0.2, 0) is 0 Å². The van der Waals surface area contributed by atoms with Crippen molar-refractivity contribution in [1.82, 2.24) is 24.9 Å². The third-order valence-electron chi connectivity index (χ3n) is 3.28. The van der Waals surface area contributed by atoms with Gasteiger partial charge in [0, 0.05) is 17.9 Å². The molecule has 1 atom stereocenters. The minimum absolute atomic E-state index is 0.0531. The van der Waals surface area contributed by atoms with E-state index in [1.807, 2.05) is 40.7 Å². The Morgan fingerprint density at radius 1 is 1.38 bits per heavy atom. The average Bonchev–Trinajstić information content (AvgIpc) is 2.78. The van der Waals surface area contributed by atoms with Gasteiger partial charge >= 0.3 is 0 Å². The minimum Gasteiger partial charge on any atom is -0.391 e. The fourth-order valence-electron chi connectivity index (χ4n) is 1.84. The summed E-state index contributed by atoms with van der Waals surface area (Å²) < 4.78 is 1.53. The number of aliphatic hydroxyl groups excluding tert-OH is 1. The number of carbonyl (C=O) groups is 1. The van der Waals surface area contributed by atoms with Crippen LogP contribution in [0.5, 0.6) is 0 Å². The summed E-state index contributed by atoms with van der Waals surface area (Å²) in [6.07, 6.45) is -0.638. The van der Waals surface area contributed by atoms with E-state index >= 15 is 0 Å². The van der Waals surface area contributed by atoms with Crippen molar-refractivity contribution in [2.75, 3.05) is 6.54 Å². The first kappa shape index (κ1) is 15.4.